The van der Waals surface area contributed by atoms with E-state index in [1.165, 1.54) is 0 Å². The second-order valence-electron chi connectivity index (χ2n) is 6.70. The number of Topliss-reactive ketones (excluding diaryl/α,β-unsaturated/α-hetero) is 1. The average molecular weight is 392 g/mol. The van der Waals surface area contributed by atoms with Crippen molar-refractivity contribution in [1.29, 1.82) is 0 Å². The van der Waals surface area contributed by atoms with Gasteiger partial charge in [-0.2, -0.15) is 0 Å². The third-order valence-electron chi connectivity index (χ3n) is 4.62. The van der Waals surface area contributed by atoms with Crippen LogP contribution in [-0.4, -0.2) is 58.5 Å². The van der Waals surface area contributed by atoms with Crippen LogP contribution in [-0.2, 0) is 14.3 Å². The monoisotopic (exact) mass is 392 g/mol. The summed E-state index contributed by atoms with van der Waals surface area (Å²) < 4.78 is 5.27. The van der Waals surface area contributed by atoms with Crippen molar-refractivity contribution >= 4 is 34.9 Å². The number of carboxylic acid groups (broad SMARTS) is 1. The van der Waals surface area contributed by atoms with Crippen molar-refractivity contribution in [1.82, 2.24) is 4.90 Å². The van der Waals surface area contributed by atoms with Crippen LogP contribution >= 0.6 is 12.2 Å². The number of hydrogen-bond acceptors (Lipinski definition) is 5. The Kier molecular flexibility index (Phi) is 7.44. The number of rotatable bonds is 8. The van der Waals surface area contributed by atoms with Crippen LogP contribution in [0.5, 0.6) is 0 Å². The maximum absolute atomic E-state index is 12.5. The zero-order chi connectivity index (χ0) is 20.0. The number of likely N-dealkylation sites (tertiary alicyclic amines) is 1. The molecule has 1 aromatic carbocycles. The molecule has 0 saturated carbocycles. The first-order valence-electron chi connectivity index (χ1n) is 8.83. The van der Waals surface area contributed by atoms with E-state index >= 15 is 0 Å². The molecule has 3 N–H and O–H groups in total. The summed E-state index contributed by atoms with van der Waals surface area (Å²) in [5, 5.41) is 8.64. The van der Waals surface area contributed by atoms with Crippen molar-refractivity contribution in [3.63, 3.8) is 0 Å². The molecule has 7 nitrogen and oxygen atoms in total. The zero-order valence-corrected chi connectivity index (χ0v) is 16.0. The summed E-state index contributed by atoms with van der Waals surface area (Å²) in [5.41, 5.74) is 6.77. The van der Waals surface area contributed by atoms with E-state index in [4.69, 9.17) is 27.8 Å². The number of carbonyl (C=O) groups is 3. The van der Waals surface area contributed by atoms with Crippen LogP contribution in [0, 0.1) is 5.92 Å². The van der Waals surface area contributed by atoms with E-state index in [0.29, 0.717) is 37.1 Å². The number of nitrogens with zero attached hydrogens (tertiary/aromatic N) is 1. The van der Waals surface area contributed by atoms with E-state index in [0.717, 1.165) is 0 Å². The molecule has 0 aromatic heterocycles. The molecule has 1 amide bonds. The molecule has 146 valence electrons. The maximum Gasteiger partial charge on any atom is 0.329 e. The number of ether oxygens (including phenoxy) is 1. The van der Waals surface area contributed by atoms with Crippen molar-refractivity contribution in [2.45, 2.75) is 32.3 Å². The molecule has 1 fully saturated rings. The lowest BCUT2D eigenvalue weighted by Gasteiger charge is -2.32. The molecule has 0 aliphatic carbocycles. The van der Waals surface area contributed by atoms with E-state index in [1.54, 1.807) is 36.1 Å². The minimum Gasteiger partial charge on any atom is -0.480 e. The second kappa shape index (κ2) is 9.57. The summed E-state index contributed by atoms with van der Waals surface area (Å²) in [6.07, 6.45) is 1.19. The second-order valence-corrected chi connectivity index (χ2v) is 7.14. The number of nitrogens with two attached hydrogens (primary N) is 1. The van der Waals surface area contributed by atoms with Gasteiger partial charge in [-0.1, -0.05) is 43.4 Å². The number of thiocarbonyl (C=S) groups is 1. The Balaban J connectivity index is 1.83. The molecule has 27 heavy (non-hydrogen) atoms. The summed E-state index contributed by atoms with van der Waals surface area (Å²) in [7, 11) is 0. The lowest BCUT2D eigenvalue weighted by atomic mass is 9.94. The number of hydrogen-bond donors (Lipinski definition) is 2. The van der Waals surface area contributed by atoms with E-state index in [9.17, 15) is 14.4 Å². The van der Waals surface area contributed by atoms with E-state index in [2.05, 4.69) is 0 Å². The molecule has 0 bridgehead atoms. The lowest BCUT2D eigenvalue weighted by Crippen LogP contribution is -2.42. The van der Waals surface area contributed by atoms with Gasteiger partial charge in [0.1, 0.15) is 11.6 Å². The number of ketones is 1. The highest BCUT2D eigenvalue weighted by molar-refractivity contribution is 7.80. The minimum atomic E-state index is -0.998. The molecule has 1 aliphatic rings. The number of piperidine rings is 1. The summed E-state index contributed by atoms with van der Waals surface area (Å²) >= 11 is 4.89. The maximum atomic E-state index is 12.5. The van der Waals surface area contributed by atoms with Gasteiger partial charge in [0, 0.05) is 36.6 Å². The van der Waals surface area contributed by atoms with E-state index in [1.807, 2.05) is 0 Å². The number of benzene rings is 1. The topological polar surface area (TPSA) is 110 Å². The molecular weight excluding hydrogens is 368 g/mol. The Morgan fingerprint density at radius 1 is 1.22 bits per heavy atom. The van der Waals surface area contributed by atoms with Crippen molar-refractivity contribution in [2.24, 2.45) is 11.7 Å². The fourth-order valence-corrected chi connectivity index (χ4v) is 3.16. The van der Waals surface area contributed by atoms with Gasteiger partial charge in [0.15, 0.2) is 5.78 Å². The summed E-state index contributed by atoms with van der Waals surface area (Å²) in [5.74, 6) is -1.61. The van der Waals surface area contributed by atoms with Gasteiger partial charge in [-0.25, -0.2) is 4.79 Å². The molecule has 0 radical (unpaired) electrons. The SMILES string of the molecule is CC(CC(=O)N1CCC(OCC(=O)O)CC1)C(=O)c1ccc(C(N)=S)cc1. The molecular formula is C19H24N2O5S. The van der Waals surface area contributed by atoms with Crippen molar-refractivity contribution in [3.05, 3.63) is 35.4 Å². The predicted octanol–water partition coefficient (Wildman–Crippen LogP) is 1.62. The molecule has 1 aromatic rings. The summed E-state index contributed by atoms with van der Waals surface area (Å²) in [6, 6.07) is 6.74. The van der Waals surface area contributed by atoms with Crippen molar-refractivity contribution in [3.8, 4) is 0 Å². The number of carboxylic acids is 1. The molecule has 1 saturated heterocycles. The quantitative estimate of drug-likeness (QED) is 0.511. The van der Waals surface area contributed by atoms with Crippen LogP contribution in [0.4, 0.5) is 0 Å². The third kappa shape index (κ3) is 6.11. The Morgan fingerprint density at radius 3 is 2.30 bits per heavy atom. The molecule has 1 heterocycles. The smallest absolute Gasteiger partial charge is 0.329 e. The van der Waals surface area contributed by atoms with Crippen molar-refractivity contribution in [2.75, 3.05) is 19.7 Å². The Bertz CT molecular complexity index is 711. The van der Waals surface area contributed by atoms with Gasteiger partial charge in [-0.3, -0.25) is 9.59 Å². The summed E-state index contributed by atoms with van der Waals surface area (Å²) in [6.45, 7) is 2.43. The normalized spacial score (nSPS) is 16.0. The fraction of sp³-hybridized carbons (Fsp3) is 0.474. The highest BCUT2D eigenvalue weighted by atomic mass is 32.1. The molecule has 1 atom stereocenters. The highest BCUT2D eigenvalue weighted by Crippen LogP contribution is 2.18. The highest BCUT2D eigenvalue weighted by Gasteiger charge is 2.26. The standard InChI is InChI=1S/C19H24N2O5S/c1-12(18(25)13-2-4-14(5-3-13)19(20)27)10-16(22)21-8-6-15(7-9-21)26-11-17(23)24/h2-5,12,15H,6-11H2,1H3,(H2,20,27)(H,23,24). The van der Waals surface area contributed by atoms with Crippen LogP contribution in [0.1, 0.15) is 42.1 Å². The van der Waals surface area contributed by atoms with Crippen LogP contribution in [0.25, 0.3) is 0 Å². The molecule has 8 heteroatoms. The van der Waals surface area contributed by atoms with Crippen molar-refractivity contribution < 1.29 is 24.2 Å². The van der Waals surface area contributed by atoms with Gasteiger partial charge in [0.25, 0.3) is 0 Å². The largest absolute Gasteiger partial charge is 0.480 e. The fourth-order valence-electron chi connectivity index (χ4n) is 3.03. The van der Waals surface area contributed by atoms with Gasteiger partial charge < -0.3 is 20.5 Å². The molecule has 0 spiro atoms. The molecule has 1 aliphatic heterocycles. The Hall–Kier alpha value is -2.32. The number of aliphatic carboxylic acids is 1. The third-order valence-corrected chi connectivity index (χ3v) is 4.86. The first kappa shape index (κ1) is 21.0. The predicted molar refractivity (Wildman–Crippen MR) is 104 cm³/mol. The zero-order valence-electron chi connectivity index (χ0n) is 15.2. The Labute approximate surface area is 163 Å². The van der Waals surface area contributed by atoms with E-state index < -0.39 is 11.9 Å². The van der Waals surface area contributed by atoms with E-state index in [-0.39, 0.29) is 35.8 Å². The number of carbonyl (C=O) groups excluding carboxylic acids is 2. The Morgan fingerprint density at radius 2 is 1.78 bits per heavy atom. The van der Waals surface area contributed by atoms with Gasteiger partial charge in [0.05, 0.1) is 6.10 Å². The van der Waals surface area contributed by atoms with Gasteiger partial charge in [-0.05, 0) is 12.8 Å². The van der Waals surface area contributed by atoms with Crippen LogP contribution in [0.3, 0.4) is 0 Å². The van der Waals surface area contributed by atoms with Gasteiger partial charge in [0.2, 0.25) is 5.91 Å². The molecule has 1 unspecified atom stereocenters. The lowest BCUT2D eigenvalue weighted by molar-refractivity contribution is -0.147. The van der Waals surface area contributed by atoms with Gasteiger partial charge in [-0.15, -0.1) is 0 Å². The van der Waals surface area contributed by atoms with Gasteiger partial charge >= 0.3 is 5.97 Å². The average Bonchev–Trinajstić information content (AvgIpc) is 2.66. The minimum absolute atomic E-state index is 0.0766. The van der Waals surface area contributed by atoms with Crippen LogP contribution in [0.2, 0.25) is 0 Å². The molecule has 2 rings (SSSR count). The van der Waals surface area contributed by atoms with Crippen LogP contribution < -0.4 is 5.73 Å². The first-order chi connectivity index (χ1) is 12.8. The van der Waals surface area contributed by atoms with Crippen LogP contribution in [0.15, 0.2) is 24.3 Å². The first-order valence-corrected chi connectivity index (χ1v) is 9.24. The number of amides is 1. The summed E-state index contributed by atoms with van der Waals surface area (Å²) in [4.78, 5) is 37.5.